The number of hydrogen-bond acceptors (Lipinski definition) is 3. The number of carbonyl (C=O) groups excluding carboxylic acids is 1. The molecule has 8 heteroatoms. The average molecular weight is 411 g/mol. The van der Waals surface area contributed by atoms with Gasteiger partial charge in [0.2, 0.25) is 5.91 Å². The number of aromatic hydroxyl groups is 1. The highest BCUT2D eigenvalue weighted by Crippen LogP contribution is 2.26. The zero-order valence-corrected chi connectivity index (χ0v) is 16.5. The molecule has 7 nitrogen and oxygen atoms in total. The number of carboxylic acid groups (broad SMARTS) is 1. The summed E-state index contributed by atoms with van der Waals surface area (Å²) in [5.41, 5.74) is 2.55. The van der Waals surface area contributed by atoms with Gasteiger partial charge >= 0.3 is 6.09 Å². The molecule has 2 amide bonds. The minimum atomic E-state index is -1.19. The molecular formula is C22H22FN3O4. The van der Waals surface area contributed by atoms with Crippen molar-refractivity contribution in [3.63, 3.8) is 0 Å². The third-order valence-electron chi connectivity index (χ3n) is 5.63. The molecule has 0 fully saturated rings. The van der Waals surface area contributed by atoms with Crippen LogP contribution in [0.5, 0.6) is 5.75 Å². The molecule has 2 heterocycles. The van der Waals surface area contributed by atoms with E-state index in [1.54, 1.807) is 23.1 Å². The SMILES string of the molecule is CN(C(=O)O)C(Cc1ccc(O)cc1)C(=O)N1CCn2c(cc3cc(F)ccc32)C1. The van der Waals surface area contributed by atoms with E-state index in [1.807, 2.05) is 6.07 Å². The van der Waals surface area contributed by atoms with Gasteiger partial charge in [0.05, 0.1) is 6.54 Å². The molecule has 0 saturated carbocycles. The molecule has 3 aromatic rings. The molecule has 1 aromatic heterocycles. The van der Waals surface area contributed by atoms with Gasteiger partial charge in [-0.05, 0) is 42.0 Å². The van der Waals surface area contributed by atoms with E-state index in [9.17, 15) is 24.2 Å². The Kier molecular flexibility index (Phi) is 5.07. The molecule has 0 spiro atoms. The molecule has 0 saturated heterocycles. The summed E-state index contributed by atoms with van der Waals surface area (Å²) in [7, 11) is 1.38. The Morgan fingerprint density at radius 1 is 1.13 bits per heavy atom. The topological polar surface area (TPSA) is 86.0 Å². The first-order chi connectivity index (χ1) is 14.3. The highest BCUT2D eigenvalue weighted by molar-refractivity contribution is 5.86. The van der Waals surface area contributed by atoms with Crippen molar-refractivity contribution in [3.8, 4) is 5.75 Å². The van der Waals surface area contributed by atoms with Crippen LogP contribution in [0.25, 0.3) is 10.9 Å². The van der Waals surface area contributed by atoms with Crippen molar-refractivity contribution in [1.29, 1.82) is 0 Å². The maximum absolute atomic E-state index is 13.6. The van der Waals surface area contributed by atoms with Gasteiger partial charge in [-0.3, -0.25) is 9.69 Å². The molecule has 1 unspecified atom stereocenters. The van der Waals surface area contributed by atoms with Crippen LogP contribution in [0.15, 0.2) is 48.5 Å². The van der Waals surface area contributed by atoms with Crippen LogP contribution in [0.4, 0.5) is 9.18 Å². The first kappa shape index (κ1) is 19.8. The van der Waals surface area contributed by atoms with Crippen LogP contribution in [0.1, 0.15) is 11.3 Å². The predicted molar refractivity (Wildman–Crippen MR) is 109 cm³/mol. The Morgan fingerprint density at radius 3 is 2.57 bits per heavy atom. The van der Waals surface area contributed by atoms with Crippen molar-refractivity contribution >= 4 is 22.9 Å². The normalized spacial score (nSPS) is 14.4. The zero-order valence-electron chi connectivity index (χ0n) is 16.5. The lowest BCUT2D eigenvalue weighted by Gasteiger charge is -2.34. The number of hydrogen-bond donors (Lipinski definition) is 2. The van der Waals surface area contributed by atoms with Gasteiger partial charge in [0.25, 0.3) is 0 Å². The summed E-state index contributed by atoms with van der Waals surface area (Å²) in [6.07, 6.45) is -0.985. The Balaban J connectivity index is 1.59. The van der Waals surface area contributed by atoms with Crippen LogP contribution in [0, 0.1) is 5.82 Å². The van der Waals surface area contributed by atoms with Gasteiger partial charge in [-0.25, -0.2) is 9.18 Å². The molecule has 2 aromatic carbocycles. The summed E-state index contributed by atoms with van der Waals surface area (Å²) in [6, 6.07) is 12.0. The van der Waals surface area contributed by atoms with Crippen molar-refractivity contribution in [2.24, 2.45) is 0 Å². The van der Waals surface area contributed by atoms with Crippen LogP contribution >= 0.6 is 0 Å². The number of nitrogens with zero attached hydrogens (tertiary/aromatic N) is 3. The Bertz CT molecular complexity index is 1110. The summed E-state index contributed by atoms with van der Waals surface area (Å²) in [5.74, 6) is -0.486. The van der Waals surface area contributed by atoms with E-state index in [2.05, 4.69) is 4.57 Å². The largest absolute Gasteiger partial charge is 0.508 e. The summed E-state index contributed by atoms with van der Waals surface area (Å²) >= 11 is 0. The summed E-state index contributed by atoms with van der Waals surface area (Å²) < 4.78 is 15.6. The van der Waals surface area contributed by atoms with Gasteiger partial charge in [0, 0.05) is 43.2 Å². The Labute approximate surface area is 172 Å². The quantitative estimate of drug-likeness (QED) is 0.691. The van der Waals surface area contributed by atoms with E-state index in [4.69, 9.17) is 0 Å². The van der Waals surface area contributed by atoms with Crippen LogP contribution in [-0.4, -0.2) is 56.2 Å². The van der Waals surface area contributed by atoms with E-state index < -0.39 is 12.1 Å². The van der Waals surface area contributed by atoms with E-state index in [0.717, 1.165) is 27.1 Å². The molecular weight excluding hydrogens is 389 g/mol. The molecule has 0 radical (unpaired) electrons. The fourth-order valence-electron chi connectivity index (χ4n) is 3.97. The number of benzene rings is 2. The molecule has 4 rings (SSSR count). The van der Waals surface area contributed by atoms with E-state index in [-0.39, 0.29) is 23.9 Å². The van der Waals surface area contributed by atoms with E-state index >= 15 is 0 Å². The number of phenolic OH excluding ortho intramolecular Hbond substituents is 1. The van der Waals surface area contributed by atoms with Crippen LogP contribution in [-0.2, 0) is 24.3 Å². The standard InChI is InChI=1S/C22H22FN3O4/c1-24(22(29)30)20(10-14-2-5-18(27)6-3-14)21(28)25-8-9-26-17(13-25)12-15-11-16(23)4-7-19(15)26/h2-7,11-12,20,27H,8-10,13H2,1H3,(H,29,30). The summed E-state index contributed by atoms with van der Waals surface area (Å²) in [4.78, 5) is 27.6. The van der Waals surface area contributed by atoms with E-state index in [0.29, 0.717) is 19.6 Å². The molecule has 156 valence electrons. The van der Waals surface area contributed by atoms with Gasteiger partial charge in [-0.15, -0.1) is 0 Å². The maximum Gasteiger partial charge on any atom is 0.407 e. The van der Waals surface area contributed by atoms with Gasteiger partial charge in [0.15, 0.2) is 0 Å². The third kappa shape index (κ3) is 3.68. The van der Waals surface area contributed by atoms with Crippen LogP contribution in [0.3, 0.4) is 0 Å². The fourth-order valence-corrected chi connectivity index (χ4v) is 3.97. The second-order valence-corrected chi connectivity index (χ2v) is 7.53. The second kappa shape index (κ2) is 7.70. The predicted octanol–water partition coefficient (Wildman–Crippen LogP) is 3.05. The first-order valence-corrected chi connectivity index (χ1v) is 9.63. The zero-order chi connectivity index (χ0) is 21.4. The number of fused-ring (bicyclic) bond motifs is 3. The van der Waals surface area contributed by atoms with Gasteiger partial charge in [0.1, 0.15) is 17.6 Å². The molecule has 2 N–H and O–H groups in total. The van der Waals surface area contributed by atoms with Crippen molar-refractivity contribution in [2.45, 2.75) is 25.6 Å². The third-order valence-corrected chi connectivity index (χ3v) is 5.63. The minimum absolute atomic E-state index is 0.105. The van der Waals surface area contributed by atoms with Gasteiger partial charge in [-0.1, -0.05) is 12.1 Å². The number of aromatic nitrogens is 1. The highest BCUT2D eigenvalue weighted by Gasteiger charge is 2.33. The second-order valence-electron chi connectivity index (χ2n) is 7.53. The molecule has 1 aliphatic heterocycles. The monoisotopic (exact) mass is 411 g/mol. The number of rotatable bonds is 4. The fraction of sp³-hybridized carbons (Fsp3) is 0.273. The minimum Gasteiger partial charge on any atom is -0.508 e. The van der Waals surface area contributed by atoms with Crippen LogP contribution < -0.4 is 0 Å². The van der Waals surface area contributed by atoms with Crippen molar-refractivity contribution in [1.82, 2.24) is 14.4 Å². The van der Waals surface area contributed by atoms with Gasteiger partial charge < -0.3 is 19.7 Å². The summed E-state index contributed by atoms with van der Waals surface area (Å²) in [6.45, 7) is 1.32. The van der Waals surface area contributed by atoms with Crippen molar-refractivity contribution < 1.29 is 24.2 Å². The van der Waals surface area contributed by atoms with Crippen molar-refractivity contribution in [2.75, 3.05) is 13.6 Å². The van der Waals surface area contributed by atoms with Crippen LogP contribution in [0.2, 0.25) is 0 Å². The summed E-state index contributed by atoms with van der Waals surface area (Å²) in [5, 5.41) is 19.7. The maximum atomic E-state index is 13.6. The number of halogens is 1. The Hall–Kier alpha value is -3.55. The first-order valence-electron chi connectivity index (χ1n) is 9.63. The molecule has 0 bridgehead atoms. The number of likely N-dealkylation sites (N-methyl/N-ethyl adjacent to an activating group) is 1. The molecule has 1 aliphatic rings. The number of carbonyl (C=O) groups is 2. The van der Waals surface area contributed by atoms with Crippen molar-refractivity contribution in [3.05, 3.63) is 65.6 Å². The molecule has 30 heavy (non-hydrogen) atoms. The van der Waals surface area contributed by atoms with E-state index in [1.165, 1.54) is 31.3 Å². The highest BCUT2D eigenvalue weighted by atomic mass is 19.1. The Morgan fingerprint density at radius 2 is 1.87 bits per heavy atom. The lowest BCUT2D eigenvalue weighted by atomic mass is 10.0. The number of amides is 2. The van der Waals surface area contributed by atoms with Gasteiger partial charge in [-0.2, -0.15) is 0 Å². The lowest BCUT2D eigenvalue weighted by Crippen LogP contribution is -2.51. The average Bonchev–Trinajstić information content (AvgIpc) is 3.08. The lowest BCUT2D eigenvalue weighted by molar-refractivity contribution is -0.137. The number of phenols is 1. The smallest absolute Gasteiger partial charge is 0.407 e. The molecule has 1 atom stereocenters. The molecule has 0 aliphatic carbocycles.